The van der Waals surface area contributed by atoms with Crippen molar-refractivity contribution in [2.24, 2.45) is 0 Å². The van der Waals surface area contributed by atoms with Gasteiger partial charge in [0.2, 0.25) is 10.0 Å². The van der Waals surface area contributed by atoms with Crippen LogP contribution in [0.15, 0.2) is 109 Å². The van der Waals surface area contributed by atoms with E-state index in [-0.39, 0.29) is 5.91 Å². The van der Waals surface area contributed by atoms with Crippen LogP contribution in [0.2, 0.25) is 0 Å². The number of ether oxygens (including phenoxy) is 2. The molecule has 6 rings (SSSR count). The number of anilines is 2. The van der Waals surface area contributed by atoms with Crippen LogP contribution in [0.5, 0.6) is 17.2 Å². The van der Waals surface area contributed by atoms with Crippen molar-refractivity contribution >= 4 is 27.3 Å². The predicted molar refractivity (Wildman–Crippen MR) is 202 cm³/mol. The molecular weight excluding hydrogens is 675 g/mol. The molecular formula is C41H41N5O5S. The summed E-state index contributed by atoms with van der Waals surface area (Å²) in [5.41, 5.74) is 6.34. The molecule has 1 aromatic heterocycles. The van der Waals surface area contributed by atoms with E-state index < -0.39 is 10.0 Å². The minimum absolute atomic E-state index is 0.0381. The van der Waals surface area contributed by atoms with E-state index in [0.29, 0.717) is 60.2 Å². The minimum Gasteiger partial charge on any atom is -0.493 e. The Labute approximate surface area is 305 Å². The highest BCUT2D eigenvalue weighted by Gasteiger charge is 2.21. The molecule has 0 aliphatic carbocycles. The molecule has 0 spiro atoms. The fraction of sp³-hybridized carbons (Fsp3) is 0.244. The van der Waals surface area contributed by atoms with Gasteiger partial charge in [0.05, 0.1) is 30.2 Å². The van der Waals surface area contributed by atoms with Crippen LogP contribution in [-0.2, 0) is 29.5 Å². The number of likely N-dealkylation sites (tertiary alicyclic amines) is 1. The quantitative estimate of drug-likeness (QED) is 0.125. The number of nitriles is 1. The lowest BCUT2D eigenvalue weighted by Gasteiger charge is -2.28. The van der Waals surface area contributed by atoms with E-state index in [0.717, 1.165) is 60.1 Å². The highest BCUT2D eigenvalue weighted by Crippen LogP contribution is 2.32. The van der Waals surface area contributed by atoms with Gasteiger partial charge in [-0.3, -0.25) is 14.5 Å². The maximum Gasteiger partial charge on any atom is 0.254 e. The van der Waals surface area contributed by atoms with Gasteiger partial charge in [0.1, 0.15) is 17.2 Å². The molecule has 1 aliphatic heterocycles. The van der Waals surface area contributed by atoms with E-state index in [1.807, 2.05) is 78.7 Å². The van der Waals surface area contributed by atoms with Gasteiger partial charge in [0, 0.05) is 62.3 Å². The SMILES string of the molecule is Cc1c(NS(C)(=O)=O)cccc1N(Cc1ccc(C#N)cc1)Cc1ccc(Oc2cc(OCCc3cccnc3)cc(C(=O)N3CCCC3)c2)cc1. The second kappa shape index (κ2) is 16.4. The summed E-state index contributed by atoms with van der Waals surface area (Å²) in [5.74, 6) is 1.62. The van der Waals surface area contributed by atoms with E-state index >= 15 is 0 Å². The molecule has 0 saturated carbocycles. The van der Waals surface area contributed by atoms with Crippen molar-refractivity contribution in [3.63, 3.8) is 0 Å². The first-order valence-corrected chi connectivity index (χ1v) is 19.1. The predicted octanol–water partition coefficient (Wildman–Crippen LogP) is 7.49. The zero-order valence-corrected chi connectivity index (χ0v) is 30.1. The van der Waals surface area contributed by atoms with Gasteiger partial charge in [0.25, 0.3) is 5.91 Å². The third-order valence-corrected chi connectivity index (χ3v) is 9.42. The molecule has 1 N–H and O–H groups in total. The fourth-order valence-electron chi connectivity index (χ4n) is 6.20. The van der Waals surface area contributed by atoms with Crippen LogP contribution in [-0.4, -0.2) is 50.2 Å². The molecule has 0 bridgehead atoms. The van der Waals surface area contributed by atoms with E-state index in [4.69, 9.17) is 9.47 Å². The lowest BCUT2D eigenvalue weighted by Crippen LogP contribution is -2.27. The van der Waals surface area contributed by atoms with Gasteiger partial charge in [-0.05, 0) is 96.6 Å². The van der Waals surface area contributed by atoms with E-state index in [2.05, 4.69) is 20.7 Å². The molecule has 1 fully saturated rings. The molecule has 1 saturated heterocycles. The second-order valence-corrected chi connectivity index (χ2v) is 14.6. The van der Waals surface area contributed by atoms with Crippen molar-refractivity contribution in [3.05, 3.63) is 143 Å². The standard InChI is InChI=1S/C41H41N5O5S/c1-30-39(44-52(2,48)49)8-5-9-40(30)46(28-33-12-10-31(26-42)11-13-33)29-34-14-16-36(17-15-34)51-38-24-35(41(47)45-20-3-4-21-45)23-37(25-38)50-22-18-32-7-6-19-43-27-32/h5-17,19,23-25,27,44H,3-4,18,20-22,28-29H2,1-2H3. The molecule has 10 nitrogen and oxygen atoms in total. The molecule has 52 heavy (non-hydrogen) atoms. The van der Waals surface area contributed by atoms with E-state index in [1.54, 1.807) is 42.6 Å². The molecule has 4 aromatic carbocycles. The summed E-state index contributed by atoms with van der Waals surface area (Å²) in [6.45, 7) is 4.83. The summed E-state index contributed by atoms with van der Waals surface area (Å²) >= 11 is 0. The van der Waals surface area contributed by atoms with E-state index in [1.165, 1.54) is 0 Å². The highest BCUT2D eigenvalue weighted by molar-refractivity contribution is 7.92. The van der Waals surface area contributed by atoms with Crippen LogP contribution >= 0.6 is 0 Å². The van der Waals surface area contributed by atoms with Gasteiger partial charge >= 0.3 is 0 Å². The molecule has 0 radical (unpaired) electrons. The Morgan fingerprint density at radius 3 is 2.23 bits per heavy atom. The summed E-state index contributed by atoms with van der Waals surface area (Å²) in [7, 11) is -3.47. The van der Waals surface area contributed by atoms with Gasteiger partial charge in [-0.15, -0.1) is 0 Å². The number of nitrogens with one attached hydrogen (secondary N) is 1. The average molecular weight is 716 g/mol. The third-order valence-electron chi connectivity index (χ3n) is 8.83. The average Bonchev–Trinajstić information content (AvgIpc) is 3.68. The molecule has 5 aromatic rings. The van der Waals surface area contributed by atoms with Crippen LogP contribution in [0.3, 0.4) is 0 Å². The number of amides is 1. The number of sulfonamides is 1. The Balaban J connectivity index is 1.22. The van der Waals surface area contributed by atoms with Gasteiger partial charge < -0.3 is 19.3 Å². The number of pyridine rings is 1. The largest absolute Gasteiger partial charge is 0.493 e. The van der Waals surface area contributed by atoms with Gasteiger partial charge in [-0.25, -0.2) is 8.42 Å². The molecule has 266 valence electrons. The zero-order valence-electron chi connectivity index (χ0n) is 29.3. The first-order chi connectivity index (χ1) is 25.1. The zero-order chi connectivity index (χ0) is 36.5. The summed E-state index contributed by atoms with van der Waals surface area (Å²) < 4.78 is 39.2. The maximum absolute atomic E-state index is 13.4. The normalized spacial score (nSPS) is 12.6. The third kappa shape index (κ3) is 9.68. The summed E-state index contributed by atoms with van der Waals surface area (Å²) in [4.78, 5) is 21.6. The molecule has 2 heterocycles. The van der Waals surface area contributed by atoms with Crippen LogP contribution < -0.4 is 19.1 Å². The lowest BCUT2D eigenvalue weighted by molar-refractivity contribution is 0.0792. The summed E-state index contributed by atoms with van der Waals surface area (Å²) in [5, 5.41) is 9.28. The number of carbonyl (C=O) groups is 1. The monoisotopic (exact) mass is 715 g/mol. The second-order valence-electron chi connectivity index (χ2n) is 12.9. The Morgan fingerprint density at radius 1 is 0.885 bits per heavy atom. The number of aromatic nitrogens is 1. The fourth-order valence-corrected chi connectivity index (χ4v) is 6.82. The van der Waals surface area contributed by atoms with Crippen molar-refractivity contribution in [1.29, 1.82) is 5.26 Å². The van der Waals surface area contributed by atoms with E-state index in [9.17, 15) is 18.5 Å². The van der Waals surface area contributed by atoms with Crippen molar-refractivity contribution in [2.45, 2.75) is 39.3 Å². The first-order valence-electron chi connectivity index (χ1n) is 17.2. The van der Waals surface area contributed by atoms with Crippen LogP contribution in [0, 0.1) is 18.3 Å². The number of nitrogens with zero attached hydrogens (tertiary/aromatic N) is 4. The summed E-state index contributed by atoms with van der Waals surface area (Å²) in [6, 6.07) is 32.1. The van der Waals surface area contributed by atoms with Gasteiger partial charge in [-0.2, -0.15) is 5.26 Å². The molecule has 0 unspecified atom stereocenters. The Hall–Kier alpha value is -5.86. The lowest BCUT2D eigenvalue weighted by atomic mass is 10.1. The Morgan fingerprint density at radius 2 is 1.58 bits per heavy atom. The minimum atomic E-state index is -3.47. The first kappa shape index (κ1) is 35.9. The van der Waals surface area contributed by atoms with Crippen LogP contribution in [0.1, 0.15) is 51.0 Å². The molecule has 1 amide bonds. The highest BCUT2D eigenvalue weighted by atomic mass is 32.2. The van der Waals surface area contributed by atoms with Gasteiger partial charge in [-0.1, -0.05) is 36.4 Å². The van der Waals surface area contributed by atoms with Crippen LogP contribution in [0.4, 0.5) is 11.4 Å². The van der Waals surface area contributed by atoms with Crippen molar-refractivity contribution in [3.8, 4) is 23.3 Å². The summed E-state index contributed by atoms with van der Waals surface area (Å²) in [6.07, 6.45) is 7.36. The molecule has 11 heteroatoms. The smallest absolute Gasteiger partial charge is 0.254 e. The Bertz CT molecular complexity index is 2150. The van der Waals surface area contributed by atoms with Gasteiger partial charge in [0.15, 0.2) is 0 Å². The number of hydrogen-bond donors (Lipinski definition) is 1. The topological polar surface area (TPSA) is 125 Å². The van der Waals surface area contributed by atoms with Crippen LogP contribution in [0.25, 0.3) is 0 Å². The Kier molecular flexibility index (Phi) is 11.4. The van der Waals surface area contributed by atoms with Crippen molar-refractivity contribution < 1.29 is 22.7 Å². The van der Waals surface area contributed by atoms with Crippen molar-refractivity contribution in [2.75, 3.05) is 35.6 Å². The number of rotatable bonds is 14. The number of hydrogen-bond acceptors (Lipinski definition) is 8. The molecule has 1 aliphatic rings. The van der Waals surface area contributed by atoms with Crippen molar-refractivity contribution in [1.82, 2.24) is 9.88 Å². The maximum atomic E-state index is 13.4. The number of carbonyl (C=O) groups excluding carboxylic acids is 1. The number of benzene rings is 4. The molecule has 0 atom stereocenters.